The predicted octanol–water partition coefficient (Wildman–Crippen LogP) is 2.69. The molecule has 1 saturated heterocycles. The first-order valence-electron chi connectivity index (χ1n) is 8.59. The zero-order valence-corrected chi connectivity index (χ0v) is 15.8. The molecule has 0 aromatic carbocycles. The number of halogens is 1. The fourth-order valence-corrected chi connectivity index (χ4v) is 3.28. The smallest absolute Gasteiger partial charge is 0.227 e. The molecule has 134 valence electrons. The Morgan fingerprint density at radius 2 is 2.04 bits per heavy atom. The number of hydrogen-bond donors (Lipinski definition) is 0. The van der Waals surface area contributed by atoms with Crippen LogP contribution in [0.25, 0.3) is 0 Å². The van der Waals surface area contributed by atoms with E-state index in [2.05, 4.69) is 31.8 Å². The lowest BCUT2D eigenvalue weighted by Gasteiger charge is -2.37. The van der Waals surface area contributed by atoms with Crippen molar-refractivity contribution in [3.05, 3.63) is 41.3 Å². The lowest BCUT2D eigenvalue weighted by Crippen LogP contribution is -2.46. The van der Waals surface area contributed by atoms with E-state index in [1.165, 1.54) is 12.0 Å². The van der Waals surface area contributed by atoms with Crippen LogP contribution < -0.4 is 9.80 Å². The van der Waals surface area contributed by atoms with Crippen molar-refractivity contribution < 1.29 is 0 Å². The van der Waals surface area contributed by atoms with E-state index in [0.717, 1.165) is 37.8 Å². The van der Waals surface area contributed by atoms with Crippen LogP contribution in [0.5, 0.6) is 0 Å². The Kier molecular flexibility index (Phi) is 5.71. The van der Waals surface area contributed by atoms with Gasteiger partial charge in [-0.05, 0) is 37.1 Å². The molecule has 1 atom stereocenters. The van der Waals surface area contributed by atoms with Gasteiger partial charge in [0.15, 0.2) is 0 Å². The summed E-state index contributed by atoms with van der Waals surface area (Å²) in [6.45, 7) is 2.99. The first-order chi connectivity index (χ1) is 12.0. The topological polar surface area (TPSA) is 48.4 Å². The van der Waals surface area contributed by atoms with Crippen molar-refractivity contribution in [1.82, 2.24) is 19.9 Å². The second-order valence-corrected chi connectivity index (χ2v) is 7.13. The first-order valence-corrected chi connectivity index (χ1v) is 8.96. The summed E-state index contributed by atoms with van der Waals surface area (Å²) in [5.41, 5.74) is 1.19. The molecule has 2 aromatic heterocycles. The van der Waals surface area contributed by atoms with E-state index in [-0.39, 0.29) is 0 Å². The number of piperidine rings is 1. The molecule has 0 saturated carbocycles. The lowest BCUT2D eigenvalue weighted by atomic mass is 10.0. The molecular weight excluding hydrogens is 336 g/mol. The molecule has 1 aliphatic heterocycles. The highest BCUT2D eigenvalue weighted by atomic mass is 35.5. The molecule has 25 heavy (non-hydrogen) atoms. The maximum absolute atomic E-state index is 5.87. The van der Waals surface area contributed by atoms with Crippen molar-refractivity contribution in [3.63, 3.8) is 0 Å². The fraction of sp³-hybridized carbons (Fsp3) is 0.500. The molecule has 7 heteroatoms. The molecule has 0 spiro atoms. The van der Waals surface area contributed by atoms with Gasteiger partial charge in [-0.25, -0.2) is 9.97 Å². The molecule has 0 N–H and O–H groups in total. The Labute approximate surface area is 154 Å². The van der Waals surface area contributed by atoms with Gasteiger partial charge < -0.3 is 9.80 Å². The molecule has 1 aliphatic rings. The highest BCUT2D eigenvalue weighted by molar-refractivity contribution is 6.29. The van der Waals surface area contributed by atoms with Gasteiger partial charge in [-0.1, -0.05) is 17.7 Å². The highest BCUT2D eigenvalue weighted by Gasteiger charge is 2.25. The Bertz CT molecular complexity index is 690. The third kappa shape index (κ3) is 4.58. The van der Waals surface area contributed by atoms with Crippen LogP contribution in [0.1, 0.15) is 18.4 Å². The number of likely N-dealkylation sites (N-methyl/N-ethyl adjacent to an activating group) is 1. The molecule has 0 aliphatic carbocycles. The van der Waals surface area contributed by atoms with E-state index in [4.69, 9.17) is 11.6 Å². The molecule has 3 heterocycles. The minimum absolute atomic E-state index is 0.409. The van der Waals surface area contributed by atoms with Crippen LogP contribution >= 0.6 is 11.6 Å². The summed E-state index contributed by atoms with van der Waals surface area (Å²) in [5, 5.41) is 0.540. The van der Waals surface area contributed by atoms with Crippen LogP contribution in [0.4, 0.5) is 11.8 Å². The second kappa shape index (κ2) is 7.97. The van der Waals surface area contributed by atoms with Crippen LogP contribution in [0.2, 0.25) is 5.15 Å². The SMILES string of the molecule is CN(C)c1ccnc(N(C)C2CCCN(Cc3ccc(Cl)nc3)C2)n1. The minimum atomic E-state index is 0.409. The largest absolute Gasteiger partial charge is 0.363 e. The van der Waals surface area contributed by atoms with E-state index in [0.29, 0.717) is 11.2 Å². The van der Waals surface area contributed by atoms with Gasteiger partial charge in [-0.2, -0.15) is 4.98 Å². The summed E-state index contributed by atoms with van der Waals surface area (Å²) in [6, 6.07) is 6.24. The average molecular weight is 361 g/mol. The van der Waals surface area contributed by atoms with Gasteiger partial charge in [0, 0.05) is 52.7 Å². The zero-order valence-electron chi connectivity index (χ0n) is 15.1. The Morgan fingerprint density at radius 1 is 1.20 bits per heavy atom. The number of aromatic nitrogens is 3. The van der Waals surface area contributed by atoms with E-state index >= 15 is 0 Å². The average Bonchev–Trinajstić information content (AvgIpc) is 2.63. The number of rotatable bonds is 5. The van der Waals surface area contributed by atoms with E-state index in [1.54, 1.807) is 0 Å². The van der Waals surface area contributed by atoms with Crippen LogP contribution in [0.15, 0.2) is 30.6 Å². The molecule has 1 unspecified atom stereocenters. The van der Waals surface area contributed by atoms with Crippen molar-refractivity contribution in [3.8, 4) is 0 Å². The van der Waals surface area contributed by atoms with Gasteiger partial charge >= 0.3 is 0 Å². The molecule has 0 radical (unpaired) electrons. The highest BCUT2D eigenvalue weighted by Crippen LogP contribution is 2.21. The van der Waals surface area contributed by atoms with E-state index < -0.39 is 0 Å². The summed E-state index contributed by atoms with van der Waals surface area (Å²) in [4.78, 5) is 20.0. The summed E-state index contributed by atoms with van der Waals surface area (Å²) in [5.74, 6) is 1.71. The van der Waals surface area contributed by atoms with Gasteiger partial charge in [0.1, 0.15) is 11.0 Å². The fourth-order valence-electron chi connectivity index (χ4n) is 3.17. The number of hydrogen-bond acceptors (Lipinski definition) is 6. The third-order valence-electron chi connectivity index (χ3n) is 4.63. The van der Waals surface area contributed by atoms with E-state index in [1.807, 2.05) is 49.6 Å². The van der Waals surface area contributed by atoms with Crippen molar-refractivity contribution in [2.24, 2.45) is 0 Å². The molecule has 0 bridgehead atoms. The Morgan fingerprint density at radius 3 is 2.76 bits per heavy atom. The Hall–Kier alpha value is -1.92. The van der Waals surface area contributed by atoms with Crippen LogP contribution in [0.3, 0.4) is 0 Å². The number of likely N-dealkylation sites (tertiary alicyclic amines) is 1. The minimum Gasteiger partial charge on any atom is -0.363 e. The molecule has 1 fully saturated rings. The molecule has 6 nitrogen and oxygen atoms in total. The second-order valence-electron chi connectivity index (χ2n) is 6.74. The van der Waals surface area contributed by atoms with Gasteiger partial charge in [0.25, 0.3) is 0 Å². The lowest BCUT2D eigenvalue weighted by molar-refractivity contribution is 0.198. The van der Waals surface area contributed by atoms with Crippen molar-refractivity contribution in [2.75, 3.05) is 44.0 Å². The van der Waals surface area contributed by atoms with Crippen molar-refractivity contribution in [1.29, 1.82) is 0 Å². The van der Waals surface area contributed by atoms with Crippen molar-refractivity contribution in [2.45, 2.75) is 25.4 Å². The summed E-state index contributed by atoms with van der Waals surface area (Å²) >= 11 is 5.87. The quantitative estimate of drug-likeness (QED) is 0.764. The molecular formula is C18H25ClN6. The number of nitrogens with zero attached hydrogens (tertiary/aromatic N) is 6. The summed E-state index contributed by atoms with van der Waals surface area (Å²) in [7, 11) is 6.08. The number of anilines is 2. The van der Waals surface area contributed by atoms with Crippen molar-refractivity contribution >= 4 is 23.4 Å². The molecule has 0 amide bonds. The standard InChI is InChI=1S/C18H25ClN6/c1-23(2)17-8-9-20-18(22-17)24(3)15-5-4-10-25(13-15)12-14-6-7-16(19)21-11-14/h6-9,11,15H,4-5,10,12-13H2,1-3H3. The molecule has 2 aromatic rings. The predicted molar refractivity (Wildman–Crippen MR) is 102 cm³/mol. The first kappa shape index (κ1) is 17.9. The van der Waals surface area contributed by atoms with Crippen LogP contribution in [0, 0.1) is 0 Å². The summed E-state index contributed by atoms with van der Waals surface area (Å²) in [6.07, 6.45) is 6.01. The summed E-state index contributed by atoms with van der Waals surface area (Å²) < 4.78 is 0. The zero-order chi connectivity index (χ0) is 17.8. The Balaban J connectivity index is 1.66. The normalized spacial score (nSPS) is 18.2. The van der Waals surface area contributed by atoms with E-state index in [9.17, 15) is 0 Å². The maximum atomic E-state index is 5.87. The molecule has 3 rings (SSSR count). The van der Waals surface area contributed by atoms with Gasteiger partial charge in [0.2, 0.25) is 5.95 Å². The maximum Gasteiger partial charge on any atom is 0.227 e. The van der Waals surface area contributed by atoms with Crippen LogP contribution in [-0.2, 0) is 6.54 Å². The van der Waals surface area contributed by atoms with Gasteiger partial charge in [-0.15, -0.1) is 0 Å². The van der Waals surface area contributed by atoms with Gasteiger partial charge in [0.05, 0.1) is 0 Å². The number of pyridine rings is 1. The van der Waals surface area contributed by atoms with Crippen LogP contribution in [-0.4, -0.2) is 60.1 Å². The van der Waals surface area contributed by atoms with Gasteiger partial charge in [-0.3, -0.25) is 4.90 Å². The third-order valence-corrected chi connectivity index (χ3v) is 4.85. The monoisotopic (exact) mass is 360 g/mol.